The smallest absolute Gasteiger partial charge is 0.258 e. The van der Waals surface area contributed by atoms with Crippen LogP contribution in [0.3, 0.4) is 0 Å². The first kappa shape index (κ1) is 21.9. The minimum absolute atomic E-state index is 0. The molecule has 1 amide bonds. The highest BCUT2D eigenvalue weighted by molar-refractivity contribution is 6.30. The van der Waals surface area contributed by atoms with Crippen LogP contribution in [0.2, 0.25) is 5.02 Å². The number of amides is 1. The molecule has 2 aliphatic heterocycles. The maximum Gasteiger partial charge on any atom is 0.258 e. The van der Waals surface area contributed by atoms with E-state index in [1.54, 1.807) is 12.1 Å². The molecule has 2 bridgehead atoms. The van der Waals surface area contributed by atoms with Gasteiger partial charge in [0.05, 0.1) is 0 Å². The van der Waals surface area contributed by atoms with Crippen LogP contribution >= 0.6 is 11.6 Å². The molecule has 2 unspecified atom stereocenters. The number of hydrogen-bond acceptors (Lipinski definition) is 2. The number of nitrogens with one attached hydrogen (secondary N) is 1. The average molecular weight is 455 g/mol. The first-order chi connectivity index (χ1) is 14.6. The van der Waals surface area contributed by atoms with Gasteiger partial charge in [-0.1, -0.05) is 29.8 Å². The summed E-state index contributed by atoms with van der Waals surface area (Å²) in [7, 11) is 2.20. The Hall–Kier alpha value is -2.27. The van der Waals surface area contributed by atoms with E-state index in [1.165, 1.54) is 29.5 Å². The molecule has 3 aromatic rings. The minimum Gasteiger partial charge on any atom is -1.00 e. The predicted molar refractivity (Wildman–Crippen MR) is 122 cm³/mol. The summed E-state index contributed by atoms with van der Waals surface area (Å²) < 4.78 is 0. The SMILES string of the molecule is CN1C2C=C(N(CCc3c[nH]c4ccccc34)C(=O)c3ccc(Cl)cc3)CC1CC2.[Cl-]. The van der Waals surface area contributed by atoms with Crippen LogP contribution in [0.5, 0.6) is 0 Å². The zero-order valence-corrected chi connectivity index (χ0v) is 19.0. The fourth-order valence-electron chi connectivity index (χ4n) is 4.91. The molecule has 5 rings (SSSR count). The molecule has 0 saturated carbocycles. The molecular formula is C25H26Cl2N3O-. The third kappa shape index (κ3) is 4.25. The number of carbonyl (C=O) groups excluding carboxylic acids is 1. The maximum absolute atomic E-state index is 13.5. The molecule has 31 heavy (non-hydrogen) atoms. The van der Waals surface area contributed by atoms with Crippen LogP contribution in [0.25, 0.3) is 10.9 Å². The summed E-state index contributed by atoms with van der Waals surface area (Å²) in [4.78, 5) is 21.3. The number of H-pyrrole nitrogens is 1. The van der Waals surface area contributed by atoms with Gasteiger partial charge in [0.15, 0.2) is 0 Å². The highest BCUT2D eigenvalue weighted by Gasteiger charge is 2.36. The van der Waals surface area contributed by atoms with Crippen molar-refractivity contribution in [3.8, 4) is 0 Å². The number of aromatic amines is 1. The molecule has 1 saturated heterocycles. The van der Waals surface area contributed by atoms with E-state index in [9.17, 15) is 4.79 Å². The highest BCUT2D eigenvalue weighted by Crippen LogP contribution is 2.35. The molecule has 0 aliphatic carbocycles. The molecule has 162 valence electrons. The van der Waals surface area contributed by atoms with Gasteiger partial charge >= 0.3 is 0 Å². The van der Waals surface area contributed by atoms with Gasteiger partial charge in [0, 0.05) is 58.4 Å². The monoisotopic (exact) mass is 454 g/mol. The van der Waals surface area contributed by atoms with E-state index in [4.69, 9.17) is 11.6 Å². The second-order valence-electron chi connectivity index (χ2n) is 8.40. The molecule has 1 N–H and O–H groups in total. The number of aromatic nitrogens is 1. The molecule has 3 heterocycles. The predicted octanol–water partition coefficient (Wildman–Crippen LogP) is 2.26. The van der Waals surface area contributed by atoms with Crippen LogP contribution in [-0.4, -0.2) is 46.4 Å². The summed E-state index contributed by atoms with van der Waals surface area (Å²) in [6.45, 7) is 0.665. The van der Waals surface area contributed by atoms with Crippen molar-refractivity contribution in [2.75, 3.05) is 13.6 Å². The van der Waals surface area contributed by atoms with Crippen molar-refractivity contribution in [1.82, 2.24) is 14.8 Å². The third-order valence-corrected chi connectivity index (χ3v) is 6.94. The van der Waals surface area contributed by atoms with Gasteiger partial charge in [0.1, 0.15) is 0 Å². The van der Waals surface area contributed by atoms with E-state index in [2.05, 4.69) is 47.4 Å². The molecule has 0 radical (unpaired) electrons. The van der Waals surface area contributed by atoms with E-state index in [0.717, 1.165) is 18.4 Å². The molecule has 2 aliphatic rings. The lowest BCUT2D eigenvalue weighted by molar-refractivity contribution is -0.0000162. The number of hydrogen-bond donors (Lipinski definition) is 1. The van der Waals surface area contributed by atoms with Gasteiger partial charge in [-0.05, 0) is 68.3 Å². The van der Waals surface area contributed by atoms with Crippen molar-refractivity contribution in [3.05, 3.63) is 82.7 Å². The van der Waals surface area contributed by atoms with Crippen molar-refractivity contribution >= 4 is 28.4 Å². The Morgan fingerprint density at radius 3 is 2.71 bits per heavy atom. The van der Waals surface area contributed by atoms with Crippen molar-refractivity contribution < 1.29 is 17.2 Å². The second-order valence-corrected chi connectivity index (χ2v) is 8.84. The summed E-state index contributed by atoms with van der Waals surface area (Å²) in [5, 5.41) is 1.88. The summed E-state index contributed by atoms with van der Waals surface area (Å²) in [5.41, 5.74) is 4.24. The zero-order chi connectivity index (χ0) is 20.7. The van der Waals surface area contributed by atoms with E-state index in [-0.39, 0.29) is 18.3 Å². The topological polar surface area (TPSA) is 39.3 Å². The van der Waals surface area contributed by atoms with Gasteiger partial charge in [0.25, 0.3) is 5.91 Å². The largest absolute Gasteiger partial charge is 1.00 e. The van der Waals surface area contributed by atoms with Crippen LogP contribution in [0.1, 0.15) is 35.2 Å². The van der Waals surface area contributed by atoms with Crippen LogP contribution in [0.4, 0.5) is 0 Å². The van der Waals surface area contributed by atoms with Crippen LogP contribution < -0.4 is 12.4 Å². The minimum atomic E-state index is 0. The normalized spacial score (nSPS) is 20.4. The standard InChI is InChI=1S/C25H26ClN3O.ClH/c1-28-20-10-11-21(28)15-22(14-20)29(25(30)17-6-8-19(26)9-7-17)13-12-18-16-27-24-5-3-2-4-23(18)24;/h2-9,14,16,20-21,27H,10-13,15H2,1H3;1H/p-1. The Balaban J connectivity index is 0.00000231. The lowest BCUT2D eigenvalue weighted by atomic mass is 10.0. The Morgan fingerprint density at radius 2 is 1.94 bits per heavy atom. The van der Waals surface area contributed by atoms with Crippen LogP contribution in [0.15, 0.2) is 66.5 Å². The molecule has 2 atom stereocenters. The quantitative estimate of drug-likeness (QED) is 0.641. The maximum atomic E-state index is 13.5. The Labute approximate surface area is 194 Å². The number of carbonyl (C=O) groups is 1. The highest BCUT2D eigenvalue weighted by atomic mass is 35.5. The molecule has 6 heteroatoms. The molecule has 4 nitrogen and oxygen atoms in total. The van der Waals surface area contributed by atoms with E-state index >= 15 is 0 Å². The van der Waals surface area contributed by atoms with Gasteiger partial charge < -0.3 is 22.3 Å². The number of rotatable bonds is 5. The number of para-hydroxylation sites is 1. The molecule has 2 aromatic carbocycles. The van der Waals surface area contributed by atoms with Gasteiger partial charge in [-0.25, -0.2) is 0 Å². The Kier molecular flexibility index (Phi) is 6.42. The molecule has 1 fully saturated rings. The lowest BCUT2D eigenvalue weighted by Gasteiger charge is -2.35. The third-order valence-electron chi connectivity index (χ3n) is 6.69. The van der Waals surface area contributed by atoms with Gasteiger partial charge in [-0.15, -0.1) is 0 Å². The first-order valence-corrected chi connectivity index (χ1v) is 11.0. The summed E-state index contributed by atoms with van der Waals surface area (Å²) in [5.74, 6) is 0.0571. The lowest BCUT2D eigenvalue weighted by Crippen LogP contribution is -3.00. The summed E-state index contributed by atoms with van der Waals surface area (Å²) >= 11 is 6.05. The van der Waals surface area contributed by atoms with Gasteiger partial charge in [-0.2, -0.15) is 0 Å². The number of nitrogens with zero attached hydrogens (tertiary/aromatic N) is 2. The van der Waals surface area contributed by atoms with Crippen molar-refractivity contribution in [3.63, 3.8) is 0 Å². The Bertz CT molecular complexity index is 1110. The van der Waals surface area contributed by atoms with Crippen molar-refractivity contribution in [2.24, 2.45) is 0 Å². The van der Waals surface area contributed by atoms with Gasteiger partial charge in [-0.3, -0.25) is 9.69 Å². The number of fused-ring (bicyclic) bond motifs is 3. The van der Waals surface area contributed by atoms with Crippen LogP contribution in [0, 0.1) is 0 Å². The van der Waals surface area contributed by atoms with Crippen LogP contribution in [-0.2, 0) is 6.42 Å². The molecule has 0 spiro atoms. The summed E-state index contributed by atoms with van der Waals surface area (Å²) in [6.07, 6.45) is 8.50. The number of benzene rings is 2. The second kappa shape index (κ2) is 9.07. The van der Waals surface area contributed by atoms with E-state index in [1.807, 2.05) is 23.1 Å². The van der Waals surface area contributed by atoms with Gasteiger partial charge in [0.2, 0.25) is 0 Å². The molecular weight excluding hydrogens is 429 g/mol. The van der Waals surface area contributed by atoms with E-state index in [0.29, 0.717) is 29.2 Å². The van der Waals surface area contributed by atoms with Crippen molar-refractivity contribution in [1.29, 1.82) is 0 Å². The zero-order valence-electron chi connectivity index (χ0n) is 17.5. The number of likely N-dealkylation sites (N-methyl/N-ethyl adjacent to an activating group) is 1. The number of halogens is 2. The fourth-order valence-corrected chi connectivity index (χ4v) is 5.04. The molecule has 1 aromatic heterocycles. The van der Waals surface area contributed by atoms with E-state index < -0.39 is 0 Å². The first-order valence-electron chi connectivity index (χ1n) is 10.7. The average Bonchev–Trinajstić information content (AvgIpc) is 3.24. The Morgan fingerprint density at radius 1 is 1.16 bits per heavy atom. The fraction of sp³-hybridized carbons (Fsp3) is 0.320. The summed E-state index contributed by atoms with van der Waals surface area (Å²) in [6, 6.07) is 16.5. The van der Waals surface area contributed by atoms with Crippen molar-refractivity contribution in [2.45, 2.75) is 37.8 Å².